The molecule has 3 nitrogen and oxygen atoms in total. The minimum Gasteiger partial charge on any atom is -0.356 e. The summed E-state index contributed by atoms with van der Waals surface area (Å²) in [5.41, 5.74) is 0. The highest BCUT2D eigenvalue weighted by Crippen LogP contribution is 2.10. The SMILES string of the molecule is CCC(=O)NCCCCCN1CCCCCC1. The fraction of sp³-hybridized carbons (Fsp3) is 0.929. The molecule has 1 saturated heterocycles. The Morgan fingerprint density at radius 1 is 1.06 bits per heavy atom. The van der Waals surface area contributed by atoms with Gasteiger partial charge in [0.05, 0.1) is 0 Å². The smallest absolute Gasteiger partial charge is 0.219 e. The van der Waals surface area contributed by atoms with E-state index in [1.54, 1.807) is 0 Å². The molecule has 0 aliphatic carbocycles. The van der Waals surface area contributed by atoms with Gasteiger partial charge in [-0.2, -0.15) is 0 Å². The Bertz CT molecular complexity index is 198. The summed E-state index contributed by atoms with van der Waals surface area (Å²) >= 11 is 0. The first-order valence-electron chi connectivity index (χ1n) is 7.32. The fourth-order valence-electron chi connectivity index (χ4n) is 2.35. The van der Waals surface area contributed by atoms with Gasteiger partial charge in [-0.3, -0.25) is 4.79 Å². The van der Waals surface area contributed by atoms with E-state index in [2.05, 4.69) is 10.2 Å². The van der Waals surface area contributed by atoms with Crippen molar-refractivity contribution in [1.29, 1.82) is 0 Å². The van der Waals surface area contributed by atoms with Crippen LogP contribution in [0.25, 0.3) is 0 Å². The topological polar surface area (TPSA) is 32.3 Å². The van der Waals surface area contributed by atoms with Crippen molar-refractivity contribution in [1.82, 2.24) is 10.2 Å². The molecule has 0 aromatic heterocycles. The molecule has 1 rings (SSSR count). The lowest BCUT2D eigenvalue weighted by atomic mass is 10.2. The van der Waals surface area contributed by atoms with Gasteiger partial charge >= 0.3 is 0 Å². The van der Waals surface area contributed by atoms with Crippen LogP contribution in [-0.4, -0.2) is 37.0 Å². The molecule has 0 spiro atoms. The Labute approximate surface area is 106 Å². The number of carbonyl (C=O) groups excluding carboxylic acids is 1. The van der Waals surface area contributed by atoms with E-state index in [4.69, 9.17) is 0 Å². The van der Waals surface area contributed by atoms with Gasteiger partial charge in [-0.15, -0.1) is 0 Å². The summed E-state index contributed by atoms with van der Waals surface area (Å²) in [6.45, 7) is 6.60. The van der Waals surface area contributed by atoms with Crippen LogP contribution in [0.4, 0.5) is 0 Å². The summed E-state index contributed by atoms with van der Waals surface area (Å²) in [7, 11) is 0. The molecule has 1 amide bonds. The molecule has 100 valence electrons. The van der Waals surface area contributed by atoms with E-state index in [0.717, 1.165) is 13.0 Å². The highest BCUT2D eigenvalue weighted by atomic mass is 16.1. The zero-order valence-corrected chi connectivity index (χ0v) is 11.3. The quantitative estimate of drug-likeness (QED) is 0.694. The predicted molar refractivity (Wildman–Crippen MR) is 72.1 cm³/mol. The first-order chi connectivity index (χ1) is 8.33. The van der Waals surface area contributed by atoms with Crippen LogP contribution in [0.5, 0.6) is 0 Å². The highest BCUT2D eigenvalue weighted by molar-refractivity contribution is 5.75. The molecule has 0 saturated carbocycles. The molecule has 1 N–H and O–H groups in total. The summed E-state index contributed by atoms with van der Waals surface area (Å²) in [4.78, 5) is 13.6. The molecule has 17 heavy (non-hydrogen) atoms. The average Bonchev–Trinajstić information content (AvgIpc) is 2.61. The van der Waals surface area contributed by atoms with Crippen molar-refractivity contribution in [3.63, 3.8) is 0 Å². The van der Waals surface area contributed by atoms with Crippen molar-refractivity contribution < 1.29 is 4.79 Å². The van der Waals surface area contributed by atoms with Crippen LogP contribution in [0.15, 0.2) is 0 Å². The van der Waals surface area contributed by atoms with E-state index in [0.29, 0.717) is 6.42 Å². The van der Waals surface area contributed by atoms with E-state index >= 15 is 0 Å². The van der Waals surface area contributed by atoms with Crippen molar-refractivity contribution in [3.05, 3.63) is 0 Å². The minimum absolute atomic E-state index is 0.178. The molecular formula is C14H28N2O. The van der Waals surface area contributed by atoms with Gasteiger partial charge in [0.2, 0.25) is 5.91 Å². The lowest BCUT2D eigenvalue weighted by Crippen LogP contribution is -2.26. The fourth-order valence-corrected chi connectivity index (χ4v) is 2.35. The Kier molecular flexibility index (Phi) is 8.06. The first-order valence-corrected chi connectivity index (χ1v) is 7.32. The van der Waals surface area contributed by atoms with Crippen LogP contribution in [-0.2, 0) is 4.79 Å². The maximum Gasteiger partial charge on any atom is 0.219 e. The van der Waals surface area contributed by atoms with Gasteiger partial charge in [0.15, 0.2) is 0 Å². The molecule has 0 unspecified atom stereocenters. The van der Waals surface area contributed by atoms with Crippen LogP contribution in [0.1, 0.15) is 58.3 Å². The van der Waals surface area contributed by atoms with Crippen molar-refractivity contribution in [2.75, 3.05) is 26.2 Å². The van der Waals surface area contributed by atoms with Crippen molar-refractivity contribution >= 4 is 5.91 Å². The summed E-state index contributed by atoms with van der Waals surface area (Å²) in [6.07, 6.45) is 9.84. The lowest BCUT2D eigenvalue weighted by Gasteiger charge is -2.19. The number of amides is 1. The van der Waals surface area contributed by atoms with Gasteiger partial charge in [-0.25, -0.2) is 0 Å². The summed E-state index contributed by atoms with van der Waals surface area (Å²) in [6, 6.07) is 0. The number of hydrogen-bond donors (Lipinski definition) is 1. The van der Waals surface area contributed by atoms with E-state index in [9.17, 15) is 4.79 Å². The third-order valence-corrected chi connectivity index (χ3v) is 3.49. The number of nitrogens with one attached hydrogen (secondary N) is 1. The van der Waals surface area contributed by atoms with Crippen molar-refractivity contribution in [2.24, 2.45) is 0 Å². The van der Waals surface area contributed by atoms with Crippen molar-refractivity contribution in [2.45, 2.75) is 58.3 Å². The molecular weight excluding hydrogens is 212 g/mol. The minimum atomic E-state index is 0.178. The molecule has 0 aromatic rings. The average molecular weight is 240 g/mol. The zero-order valence-electron chi connectivity index (χ0n) is 11.3. The van der Waals surface area contributed by atoms with Gasteiger partial charge in [0.25, 0.3) is 0 Å². The summed E-state index contributed by atoms with van der Waals surface area (Å²) < 4.78 is 0. The number of carbonyl (C=O) groups is 1. The lowest BCUT2D eigenvalue weighted by molar-refractivity contribution is -0.120. The van der Waals surface area contributed by atoms with Gasteiger partial charge in [-0.1, -0.05) is 26.2 Å². The largest absolute Gasteiger partial charge is 0.356 e. The maximum absolute atomic E-state index is 11.0. The van der Waals surface area contributed by atoms with Crippen LogP contribution < -0.4 is 5.32 Å². The normalized spacial score (nSPS) is 17.7. The predicted octanol–water partition coefficient (Wildman–Crippen LogP) is 2.56. The second-order valence-corrected chi connectivity index (χ2v) is 5.02. The standard InChI is InChI=1S/C14H28N2O/c1-2-14(17)15-10-6-5-9-13-16-11-7-3-4-8-12-16/h2-13H2,1H3,(H,15,17). The molecule has 1 fully saturated rings. The molecule has 0 aromatic carbocycles. The third kappa shape index (κ3) is 7.37. The van der Waals surface area contributed by atoms with E-state index in [-0.39, 0.29) is 5.91 Å². The molecule has 1 aliphatic heterocycles. The molecule has 3 heteroatoms. The summed E-state index contributed by atoms with van der Waals surface area (Å²) in [5.74, 6) is 0.178. The third-order valence-electron chi connectivity index (χ3n) is 3.49. The Morgan fingerprint density at radius 2 is 1.76 bits per heavy atom. The van der Waals surface area contributed by atoms with Crippen molar-refractivity contribution in [3.8, 4) is 0 Å². The second kappa shape index (κ2) is 9.46. The number of unbranched alkanes of at least 4 members (excludes halogenated alkanes) is 2. The molecule has 0 radical (unpaired) electrons. The zero-order chi connectivity index (χ0) is 12.3. The summed E-state index contributed by atoms with van der Waals surface area (Å²) in [5, 5.41) is 2.93. The van der Waals surface area contributed by atoms with Crippen LogP contribution in [0, 0.1) is 0 Å². The van der Waals surface area contributed by atoms with E-state index < -0.39 is 0 Å². The van der Waals surface area contributed by atoms with Gasteiger partial charge in [0, 0.05) is 13.0 Å². The van der Waals surface area contributed by atoms with Gasteiger partial charge in [-0.05, 0) is 45.3 Å². The Hall–Kier alpha value is -0.570. The monoisotopic (exact) mass is 240 g/mol. The maximum atomic E-state index is 11.0. The van der Waals surface area contributed by atoms with Crippen LogP contribution in [0.2, 0.25) is 0 Å². The Morgan fingerprint density at radius 3 is 2.41 bits per heavy atom. The molecule has 0 bridgehead atoms. The number of hydrogen-bond acceptors (Lipinski definition) is 2. The van der Waals surface area contributed by atoms with E-state index in [1.165, 1.54) is 58.2 Å². The second-order valence-electron chi connectivity index (χ2n) is 5.02. The first kappa shape index (κ1) is 14.5. The molecule has 1 aliphatic rings. The Balaban J connectivity index is 1.91. The highest BCUT2D eigenvalue weighted by Gasteiger charge is 2.07. The van der Waals surface area contributed by atoms with Crippen LogP contribution in [0.3, 0.4) is 0 Å². The van der Waals surface area contributed by atoms with Gasteiger partial charge < -0.3 is 10.2 Å². The number of rotatable bonds is 7. The number of nitrogens with zero attached hydrogens (tertiary/aromatic N) is 1. The van der Waals surface area contributed by atoms with E-state index in [1.807, 2.05) is 6.92 Å². The van der Waals surface area contributed by atoms with Crippen LogP contribution >= 0.6 is 0 Å². The number of likely N-dealkylation sites (tertiary alicyclic amines) is 1. The molecule has 1 heterocycles. The molecule has 0 atom stereocenters. The van der Waals surface area contributed by atoms with Gasteiger partial charge in [0.1, 0.15) is 0 Å².